The van der Waals surface area contributed by atoms with Gasteiger partial charge in [-0.25, -0.2) is 5.01 Å². The monoisotopic (exact) mass is 301 g/mol. The zero-order chi connectivity index (χ0) is 16.1. The van der Waals surface area contributed by atoms with Gasteiger partial charge in [0.05, 0.1) is 21.2 Å². The number of nitro benzene ring substituents is 2. The number of nitrogens with zero attached hydrogens (tertiary/aromatic N) is 5. The summed E-state index contributed by atoms with van der Waals surface area (Å²) in [6, 6.07) is 11.6. The van der Waals surface area contributed by atoms with Gasteiger partial charge in [-0.15, -0.1) is 5.11 Å². The number of rotatable bonds is 5. The van der Waals surface area contributed by atoms with Crippen LogP contribution in [0, 0.1) is 20.2 Å². The number of benzene rings is 2. The molecule has 0 fully saturated rings. The minimum Gasteiger partial charge on any atom is -0.258 e. The Hall–Kier alpha value is -3.36. The van der Waals surface area contributed by atoms with Gasteiger partial charge in [-0.2, -0.15) is 0 Å². The summed E-state index contributed by atoms with van der Waals surface area (Å²) >= 11 is 0. The van der Waals surface area contributed by atoms with Crippen LogP contribution in [0.4, 0.5) is 22.7 Å². The fourth-order valence-electron chi connectivity index (χ4n) is 1.65. The van der Waals surface area contributed by atoms with Crippen LogP contribution < -0.4 is 5.01 Å². The van der Waals surface area contributed by atoms with Crippen molar-refractivity contribution in [3.63, 3.8) is 0 Å². The van der Waals surface area contributed by atoms with Crippen LogP contribution in [0.3, 0.4) is 0 Å². The van der Waals surface area contributed by atoms with Crippen LogP contribution in [0.5, 0.6) is 0 Å². The molecule has 9 nitrogen and oxygen atoms in total. The van der Waals surface area contributed by atoms with E-state index in [9.17, 15) is 20.2 Å². The van der Waals surface area contributed by atoms with E-state index in [0.717, 1.165) is 0 Å². The molecule has 112 valence electrons. The maximum Gasteiger partial charge on any atom is 0.271 e. The third kappa shape index (κ3) is 3.60. The highest BCUT2D eigenvalue weighted by Crippen LogP contribution is 2.23. The van der Waals surface area contributed by atoms with Crippen LogP contribution >= 0.6 is 0 Å². The van der Waals surface area contributed by atoms with Crippen LogP contribution in [0.25, 0.3) is 0 Å². The first-order valence-corrected chi connectivity index (χ1v) is 6.11. The Labute approximate surface area is 124 Å². The quantitative estimate of drug-likeness (QED) is 0.475. The SMILES string of the molecule is CN(N=Nc1cccc([N+](=O)[O-])c1)c1cccc([N+](=O)[O-])c1. The Kier molecular flexibility index (Phi) is 4.37. The van der Waals surface area contributed by atoms with Gasteiger partial charge in [-0.3, -0.25) is 20.2 Å². The van der Waals surface area contributed by atoms with E-state index in [1.165, 1.54) is 41.4 Å². The molecule has 2 aromatic rings. The van der Waals surface area contributed by atoms with Crippen LogP contribution in [0.15, 0.2) is 58.9 Å². The number of nitro groups is 2. The van der Waals surface area contributed by atoms with Gasteiger partial charge in [-0.05, 0) is 12.1 Å². The van der Waals surface area contributed by atoms with E-state index in [2.05, 4.69) is 10.3 Å². The van der Waals surface area contributed by atoms with E-state index in [4.69, 9.17) is 0 Å². The number of hydrogen-bond donors (Lipinski definition) is 0. The molecule has 0 aromatic heterocycles. The second kappa shape index (κ2) is 6.39. The molecule has 0 saturated carbocycles. The highest BCUT2D eigenvalue weighted by Gasteiger charge is 2.08. The molecule has 0 aliphatic rings. The number of hydrogen-bond acceptors (Lipinski definition) is 6. The second-order valence-corrected chi connectivity index (χ2v) is 4.27. The van der Waals surface area contributed by atoms with Crippen molar-refractivity contribution in [3.05, 3.63) is 68.8 Å². The third-order valence-corrected chi connectivity index (χ3v) is 2.75. The van der Waals surface area contributed by atoms with Gasteiger partial charge < -0.3 is 0 Å². The summed E-state index contributed by atoms with van der Waals surface area (Å²) in [4.78, 5) is 20.4. The molecular formula is C13H11N5O4. The average molecular weight is 301 g/mol. The van der Waals surface area contributed by atoms with E-state index in [-0.39, 0.29) is 11.4 Å². The van der Waals surface area contributed by atoms with E-state index in [1.807, 2.05) is 0 Å². The lowest BCUT2D eigenvalue weighted by molar-refractivity contribution is -0.385. The van der Waals surface area contributed by atoms with Crippen molar-refractivity contribution in [3.8, 4) is 0 Å². The molecule has 22 heavy (non-hydrogen) atoms. The summed E-state index contributed by atoms with van der Waals surface area (Å²) < 4.78 is 0. The molecule has 0 saturated heterocycles. The summed E-state index contributed by atoms with van der Waals surface area (Å²) in [5.41, 5.74) is 0.638. The smallest absolute Gasteiger partial charge is 0.258 e. The first kappa shape index (κ1) is 15.0. The Balaban J connectivity index is 2.19. The van der Waals surface area contributed by atoms with E-state index in [0.29, 0.717) is 11.4 Å². The van der Waals surface area contributed by atoms with Gasteiger partial charge >= 0.3 is 0 Å². The van der Waals surface area contributed by atoms with Gasteiger partial charge in [-0.1, -0.05) is 17.4 Å². The van der Waals surface area contributed by atoms with Crippen LogP contribution in [-0.2, 0) is 0 Å². The largest absolute Gasteiger partial charge is 0.271 e. The highest BCUT2D eigenvalue weighted by atomic mass is 16.6. The van der Waals surface area contributed by atoms with Gasteiger partial charge in [0.2, 0.25) is 0 Å². The molecule has 0 spiro atoms. The van der Waals surface area contributed by atoms with E-state index >= 15 is 0 Å². The Bertz CT molecular complexity index is 747. The van der Waals surface area contributed by atoms with Crippen LogP contribution in [0.2, 0.25) is 0 Å². The normalized spacial score (nSPS) is 10.6. The van der Waals surface area contributed by atoms with Crippen molar-refractivity contribution >= 4 is 22.7 Å². The lowest BCUT2D eigenvalue weighted by Gasteiger charge is -2.10. The minimum atomic E-state index is -0.525. The second-order valence-electron chi connectivity index (χ2n) is 4.27. The summed E-state index contributed by atoms with van der Waals surface area (Å²) in [7, 11) is 1.57. The van der Waals surface area contributed by atoms with Gasteiger partial charge in [0.25, 0.3) is 11.4 Å². The Morgan fingerprint density at radius 1 is 0.955 bits per heavy atom. The zero-order valence-electron chi connectivity index (χ0n) is 11.5. The van der Waals surface area contributed by atoms with Crippen LogP contribution in [0.1, 0.15) is 0 Å². The maximum absolute atomic E-state index is 10.7. The topological polar surface area (TPSA) is 114 Å². The number of anilines is 1. The number of non-ortho nitro benzene ring substituents is 2. The first-order valence-electron chi connectivity index (χ1n) is 6.11. The lowest BCUT2D eigenvalue weighted by atomic mass is 10.3. The zero-order valence-corrected chi connectivity index (χ0v) is 11.5. The molecule has 0 aliphatic heterocycles. The summed E-state index contributed by atoms with van der Waals surface area (Å²) in [6.45, 7) is 0. The molecule has 0 amide bonds. The predicted octanol–water partition coefficient (Wildman–Crippen LogP) is 3.64. The fraction of sp³-hybridized carbons (Fsp3) is 0.0769. The summed E-state index contributed by atoms with van der Waals surface area (Å²) in [5.74, 6) is 0. The van der Waals surface area contributed by atoms with E-state index in [1.54, 1.807) is 19.2 Å². The van der Waals surface area contributed by atoms with Crippen molar-refractivity contribution in [1.82, 2.24) is 0 Å². The molecule has 0 unspecified atom stereocenters. The van der Waals surface area contributed by atoms with Gasteiger partial charge in [0.15, 0.2) is 0 Å². The molecule has 2 rings (SSSR count). The van der Waals surface area contributed by atoms with Crippen molar-refractivity contribution in [2.24, 2.45) is 10.3 Å². The summed E-state index contributed by atoms with van der Waals surface area (Å²) in [5, 5.41) is 30.5. The molecular weight excluding hydrogens is 290 g/mol. The molecule has 0 atom stereocenters. The molecule has 0 heterocycles. The van der Waals surface area contributed by atoms with E-state index < -0.39 is 9.85 Å². The first-order chi connectivity index (χ1) is 10.5. The van der Waals surface area contributed by atoms with Crippen molar-refractivity contribution in [2.75, 3.05) is 12.1 Å². The predicted molar refractivity (Wildman–Crippen MR) is 79.1 cm³/mol. The third-order valence-electron chi connectivity index (χ3n) is 2.75. The highest BCUT2D eigenvalue weighted by molar-refractivity contribution is 5.52. The molecule has 0 N–H and O–H groups in total. The minimum absolute atomic E-state index is 0.0603. The fourth-order valence-corrected chi connectivity index (χ4v) is 1.65. The lowest BCUT2D eigenvalue weighted by Crippen LogP contribution is -2.07. The maximum atomic E-state index is 10.7. The summed E-state index contributed by atoms with van der Waals surface area (Å²) in [6.07, 6.45) is 0. The Morgan fingerprint density at radius 2 is 1.55 bits per heavy atom. The standard InChI is InChI=1S/C13H11N5O4/c1-16(11-5-3-7-13(9-11)18(21)22)15-14-10-4-2-6-12(8-10)17(19)20/h2-9H,1H3. The van der Waals surface area contributed by atoms with Gasteiger partial charge in [0, 0.05) is 31.3 Å². The molecule has 0 aliphatic carbocycles. The molecule has 0 bridgehead atoms. The molecule has 0 radical (unpaired) electrons. The van der Waals surface area contributed by atoms with Gasteiger partial charge in [0.1, 0.15) is 0 Å². The van der Waals surface area contributed by atoms with Crippen LogP contribution in [-0.4, -0.2) is 16.9 Å². The Morgan fingerprint density at radius 3 is 2.18 bits per heavy atom. The molecule has 9 heteroatoms. The van der Waals surface area contributed by atoms with Crippen molar-refractivity contribution in [1.29, 1.82) is 0 Å². The molecule has 2 aromatic carbocycles. The van der Waals surface area contributed by atoms with Crippen molar-refractivity contribution < 1.29 is 9.85 Å². The van der Waals surface area contributed by atoms with Crippen molar-refractivity contribution in [2.45, 2.75) is 0 Å². The average Bonchev–Trinajstić information content (AvgIpc) is 2.53.